The van der Waals surface area contributed by atoms with Gasteiger partial charge in [0.1, 0.15) is 0 Å². The van der Waals surface area contributed by atoms with Gasteiger partial charge in [-0.1, -0.05) is 209 Å². The molecule has 0 atom stereocenters. The third kappa shape index (κ3) is 65.9. The molecule has 13 heteroatoms. The molecule has 0 bridgehead atoms. The van der Waals surface area contributed by atoms with Gasteiger partial charge in [-0.15, -0.1) is 0 Å². The zero-order valence-corrected chi connectivity index (χ0v) is 48.3. The molecule has 0 aliphatic rings. The quantitative estimate of drug-likeness (QED) is 0.0333. The van der Waals surface area contributed by atoms with E-state index in [9.17, 15) is 37.8 Å². The maximum Gasteiger partial charge on any atom is 4.00 e. The van der Waals surface area contributed by atoms with Gasteiger partial charge in [0.15, 0.2) is 0 Å². The minimum absolute atomic E-state index is 0. The van der Waals surface area contributed by atoms with Crippen molar-refractivity contribution < 1.29 is 37.8 Å². The van der Waals surface area contributed by atoms with Gasteiger partial charge in [-0.2, -0.15) is 0 Å². The first-order valence-corrected chi connectivity index (χ1v) is 33.6. The van der Waals surface area contributed by atoms with Crippen molar-refractivity contribution in [2.75, 3.05) is 49.3 Å². The normalized spacial score (nSPS) is 11.7. The van der Waals surface area contributed by atoms with E-state index in [4.69, 9.17) is 0 Å². The van der Waals surface area contributed by atoms with E-state index >= 15 is 0 Å². The van der Waals surface area contributed by atoms with Crippen LogP contribution in [0.5, 0.6) is 0 Å². The minimum Gasteiger partial charge on any atom is -0.799 e. The predicted molar refractivity (Wildman–Crippen MR) is 268 cm³/mol. The summed E-state index contributed by atoms with van der Waals surface area (Å²) < 4.78 is 46.3. The topological polar surface area (TPSA) is 161 Å². The Morgan fingerprint density at radius 2 is 0.311 bits per heavy atom. The Morgan fingerprint density at radius 1 is 0.213 bits per heavy atom. The maximum absolute atomic E-state index is 11.6. The van der Waals surface area contributed by atoms with E-state index in [2.05, 4.69) is 55.4 Å². The van der Waals surface area contributed by atoms with Crippen LogP contribution in [0.4, 0.5) is 0 Å². The fraction of sp³-hybridized carbons (Fsp3) is 1.00. The Bertz CT molecular complexity index is 825. The molecule has 0 unspecified atom stereocenters. The summed E-state index contributed by atoms with van der Waals surface area (Å²) in [6.07, 6.45) is 37.5. The average molecular weight is 1050 g/mol. The molecule has 0 rings (SSSR count). The largest absolute Gasteiger partial charge is 4.00 e. The number of unbranched alkanes of at least 4 members (excludes halogenated alkanes) is 24. The Labute approximate surface area is 399 Å². The Balaban J connectivity index is -0.000000227. The summed E-state index contributed by atoms with van der Waals surface area (Å²) in [6.45, 7) is 17.1. The van der Waals surface area contributed by atoms with Gasteiger partial charge < -0.3 is 37.8 Å². The second kappa shape index (κ2) is 52.5. The molecule has 0 aliphatic carbocycles. The van der Waals surface area contributed by atoms with Gasteiger partial charge in [0.05, 0.1) is 0 Å². The van der Waals surface area contributed by atoms with Crippen LogP contribution >= 0.6 is 29.5 Å². The van der Waals surface area contributed by atoms with Gasteiger partial charge >= 0.3 is 23.9 Å². The Hall–Kier alpha value is 1.56. The molecule has 0 N–H and O–H groups in total. The Kier molecular flexibility index (Phi) is 61.6. The molecule has 8 nitrogen and oxygen atoms in total. The van der Waals surface area contributed by atoms with Crippen LogP contribution in [0, 0.1) is 0 Å². The van der Waals surface area contributed by atoms with Gasteiger partial charge in [0, 0.05) is 29.5 Å². The van der Waals surface area contributed by atoms with E-state index in [-0.39, 0.29) is 23.9 Å². The van der Waals surface area contributed by atoms with Crippen molar-refractivity contribution in [3.63, 3.8) is 0 Å². The molecular formula is C48H104O8P4Sn. The molecule has 0 radical (unpaired) electrons. The van der Waals surface area contributed by atoms with Crippen molar-refractivity contribution in [1.82, 2.24) is 0 Å². The first kappa shape index (κ1) is 71.6. The molecule has 61 heavy (non-hydrogen) atoms. The first-order valence-electron chi connectivity index (χ1n) is 25.6. The summed E-state index contributed by atoms with van der Waals surface area (Å²) in [5, 5.41) is 0. The van der Waals surface area contributed by atoms with Crippen molar-refractivity contribution in [3.05, 3.63) is 0 Å². The zero-order chi connectivity index (χ0) is 46.3. The summed E-state index contributed by atoms with van der Waals surface area (Å²) >= 11 is 0. The summed E-state index contributed by atoms with van der Waals surface area (Å²) in [6, 6.07) is 0. The maximum atomic E-state index is 11.6. The SMILES string of the molecule is CCCCCCP(=O)([O-])CCCCCC.CCCCCCP(=O)([O-])CCCCCC.CCCCCCP(=O)([O-])CCCCCC.CCCCCCP(=O)([O-])CCCCCC.[Sn+4]. The first-order chi connectivity index (χ1) is 28.5. The van der Waals surface area contributed by atoms with Crippen LogP contribution in [0.15, 0.2) is 0 Å². The molecule has 0 saturated heterocycles. The molecule has 0 spiro atoms. The molecule has 368 valence electrons. The fourth-order valence-electron chi connectivity index (χ4n) is 6.68. The molecule has 0 amide bonds. The van der Waals surface area contributed by atoms with E-state index in [1.165, 1.54) is 51.4 Å². The van der Waals surface area contributed by atoms with Crippen LogP contribution in [-0.4, -0.2) is 73.2 Å². The molecule has 0 aliphatic heterocycles. The van der Waals surface area contributed by atoms with Crippen molar-refractivity contribution in [1.29, 1.82) is 0 Å². The molecule has 0 saturated carbocycles. The van der Waals surface area contributed by atoms with Crippen molar-refractivity contribution >= 4 is 53.4 Å². The van der Waals surface area contributed by atoms with Gasteiger partial charge in [-0.3, -0.25) is 0 Å². The summed E-state index contributed by atoms with van der Waals surface area (Å²) in [5.41, 5.74) is 0. The summed E-state index contributed by atoms with van der Waals surface area (Å²) in [7, 11) is -12.1. The molecule has 0 fully saturated rings. The molecule has 0 aromatic rings. The van der Waals surface area contributed by atoms with Crippen LogP contribution in [0.3, 0.4) is 0 Å². The van der Waals surface area contributed by atoms with E-state index < -0.39 is 29.5 Å². The monoisotopic (exact) mass is 1050 g/mol. The van der Waals surface area contributed by atoms with Gasteiger partial charge in [-0.25, -0.2) is 0 Å². The van der Waals surface area contributed by atoms with Gasteiger partial charge in [-0.05, 0) is 101 Å². The van der Waals surface area contributed by atoms with Crippen LogP contribution in [0.1, 0.15) is 261 Å². The number of hydrogen-bond acceptors (Lipinski definition) is 8. The second-order valence-corrected chi connectivity index (χ2v) is 27.6. The van der Waals surface area contributed by atoms with Crippen LogP contribution in [-0.2, 0) is 18.3 Å². The number of hydrogen-bond donors (Lipinski definition) is 0. The standard InChI is InChI=1S/4C12H27O2P.Sn/c4*1-3-5-7-9-11-15(13,14)12-10-8-6-4-2;/h4*3-12H2,1-2H3,(H,13,14);/q;;;;+4/p-4. The smallest absolute Gasteiger partial charge is 0.799 e. The minimum atomic E-state index is -3.02. The summed E-state index contributed by atoms with van der Waals surface area (Å²) in [4.78, 5) is 46.3. The zero-order valence-electron chi connectivity index (χ0n) is 41.8. The van der Waals surface area contributed by atoms with E-state index in [1.54, 1.807) is 0 Å². The van der Waals surface area contributed by atoms with Crippen LogP contribution in [0.2, 0.25) is 0 Å². The third-order valence-electron chi connectivity index (χ3n) is 10.8. The Morgan fingerprint density at radius 3 is 0.393 bits per heavy atom. The predicted octanol–water partition coefficient (Wildman–Crippen LogP) is 14.8. The molecule has 0 aromatic heterocycles. The van der Waals surface area contributed by atoms with E-state index in [1.807, 2.05) is 0 Å². The van der Waals surface area contributed by atoms with Crippen molar-refractivity contribution in [3.8, 4) is 0 Å². The van der Waals surface area contributed by atoms with Crippen molar-refractivity contribution in [2.24, 2.45) is 0 Å². The van der Waals surface area contributed by atoms with Crippen molar-refractivity contribution in [2.45, 2.75) is 261 Å². The van der Waals surface area contributed by atoms with Crippen LogP contribution in [0.25, 0.3) is 0 Å². The third-order valence-corrected chi connectivity index (χ3v) is 18.8. The fourth-order valence-corrected chi connectivity index (χ4v) is 13.2. The van der Waals surface area contributed by atoms with E-state index in [0.29, 0.717) is 49.3 Å². The van der Waals surface area contributed by atoms with Gasteiger partial charge in [0.25, 0.3) is 0 Å². The molecular weight excluding hydrogens is 947 g/mol. The van der Waals surface area contributed by atoms with E-state index in [0.717, 1.165) is 154 Å². The second-order valence-electron chi connectivity index (χ2n) is 17.5. The average Bonchev–Trinajstić information content (AvgIpc) is 3.20. The summed E-state index contributed by atoms with van der Waals surface area (Å²) in [5.74, 6) is 0. The number of rotatable bonds is 40. The molecule has 0 heterocycles. The molecule has 0 aromatic carbocycles. The van der Waals surface area contributed by atoms with Crippen LogP contribution < -0.4 is 19.6 Å². The van der Waals surface area contributed by atoms with Gasteiger partial charge in [0.2, 0.25) is 0 Å².